The lowest BCUT2D eigenvalue weighted by Crippen LogP contribution is -2.38. The minimum absolute atomic E-state index is 0.138. The molecule has 1 aliphatic carbocycles. The number of hydrogen-bond acceptors (Lipinski definition) is 3. The fourth-order valence-corrected chi connectivity index (χ4v) is 1.55. The normalized spacial score (nSPS) is 15.6. The number of nitriles is 1. The Morgan fingerprint density at radius 1 is 1.56 bits per heavy atom. The van der Waals surface area contributed by atoms with Crippen LogP contribution in [-0.2, 0) is 4.79 Å². The monoisotopic (exact) mass is 247 g/mol. The van der Waals surface area contributed by atoms with Gasteiger partial charge >= 0.3 is 0 Å². The van der Waals surface area contributed by atoms with Gasteiger partial charge < -0.3 is 10.6 Å². The molecule has 0 radical (unpaired) electrons. The Balaban J connectivity index is 1.99. The highest BCUT2D eigenvalue weighted by Gasteiger charge is 2.25. The Morgan fingerprint density at radius 2 is 2.28 bits per heavy atom. The van der Waals surface area contributed by atoms with Gasteiger partial charge in [-0.25, -0.2) is 4.39 Å². The van der Waals surface area contributed by atoms with Gasteiger partial charge in [0.1, 0.15) is 11.9 Å². The zero-order valence-electron chi connectivity index (χ0n) is 10.0. The van der Waals surface area contributed by atoms with Gasteiger partial charge in [-0.1, -0.05) is 0 Å². The summed E-state index contributed by atoms with van der Waals surface area (Å²) in [5.74, 6) is -0.665. The van der Waals surface area contributed by atoms with Gasteiger partial charge in [0.05, 0.1) is 17.3 Å². The Bertz CT molecular complexity index is 505. The second-order valence-electron chi connectivity index (χ2n) is 4.46. The number of carbonyl (C=O) groups is 1. The fourth-order valence-electron chi connectivity index (χ4n) is 1.55. The van der Waals surface area contributed by atoms with E-state index in [0.717, 1.165) is 18.9 Å². The number of carbonyl (C=O) groups excluding carboxylic acids is 1. The molecular weight excluding hydrogens is 233 g/mol. The standard InChI is InChI=1S/C13H14FN3O/c1-8(13(18)17-10-3-4-10)16-12-5-2-9(7-15)6-11(12)14/h2,5-6,8,10,16H,3-4H2,1H3,(H,17,18). The largest absolute Gasteiger partial charge is 0.372 e. The summed E-state index contributed by atoms with van der Waals surface area (Å²) < 4.78 is 13.6. The van der Waals surface area contributed by atoms with Crippen LogP contribution in [-0.4, -0.2) is 18.0 Å². The molecule has 0 bridgehead atoms. The molecule has 0 aromatic heterocycles. The Labute approximate surface area is 105 Å². The number of amides is 1. The number of nitrogens with one attached hydrogen (secondary N) is 2. The fraction of sp³-hybridized carbons (Fsp3) is 0.385. The van der Waals surface area contributed by atoms with E-state index in [1.54, 1.807) is 6.92 Å². The molecule has 94 valence electrons. The van der Waals surface area contributed by atoms with Crippen LogP contribution in [0.15, 0.2) is 18.2 Å². The van der Waals surface area contributed by atoms with Crippen molar-refractivity contribution in [3.8, 4) is 6.07 Å². The van der Waals surface area contributed by atoms with Crippen LogP contribution >= 0.6 is 0 Å². The third-order valence-corrected chi connectivity index (χ3v) is 2.79. The van der Waals surface area contributed by atoms with Crippen LogP contribution < -0.4 is 10.6 Å². The number of rotatable bonds is 4. The molecule has 1 aromatic rings. The summed E-state index contributed by atoms with van der Waals surface area (Å²) >= 11 is 0. The predicted molar refractivity (Wildman–Crippen MR) is 65.4 cm³/mol. The molecule has 1 amide bonds. The van der Waals surface area contributed by atoms with Gasteiger partial charge in [0.25, 0.3) is 0 Å². The lowest BCUT2D eigenvalue weighted by Gasteiger charge is -2.15. The Morgan fingerprint density at radius 3 is 2.83 bits per heavy atom. The van der Waals surface area contributed by atoms with Crippen LogP contribution in [0.4, 0.5) is 10.1 Å². The molecule has 0 spiro atoms. The lowest BCUT2D eigenvalue weighted by atomic mass is 10.2. The van der Waals surface area contributed by atoms with Crippen molar-refractivity contribution in [1.29, 1.82) is 5.26 Å². The van der Waals surface area contributed by atoms with E-state index in [4.69, 9.17) is 5.26 Å². The zero-order chi connectivity index (χ0) is 13.1. The minimum atomic E-state index is -0.528. The molecule has 0 heterocycles. The van der Waals surface area contributed by atoms with Gasteiger partial charge in [-0.3, -0.25) is 4.79 Å². The molecule has 4 nitrogen and oxygen atoms in total. The Kier molecular flexibility index (Phi) is 3.47. The van der Waals surface area contributed by atoms with Gasteiger partial charge in [0, 0.05) is 6.04 Å². The molecule has 2 N–H and O–H groups in total. The molecule has 1 atom stereocenters. The molecule has 18 heavy (non-hydrogen) atoms. The van der Waals surface area contributed by atoms with Crippen molar-refractivity contribution >= 4 is 11.6 Å². The predicted octanol–water partition coefficient (Wildman–Crippen LogP) is 1.78. The van der Waals surface area contributed by atoms with Crippen LogP contribution in [0.1, 0.15) is 25.3 Å². The van der Waals surface area contributed by atoms with Crippen LogP contribution in [0.3, 0.4) is 0 Å². The number of hydrogen-bond donors (Lipinski definition) is 2. The van der Waals surface area contributed by atoms with E-state index in [0.29, 0.717) is 0 Å². The zero-order valence-corrected chi connectivity index (χ0v) is 10.0. The number of halogens is 1. The number of anilines is 1. The SMILES string of the molecule is CC(Nc1ccc(C#N)cc1F)C(=O)NC1CC1. The van der Waals surface area contributed by atoms with E-state index < -0.39 is 11.9 Å². The van der Waals surface area contributed by atoms with E-state index in [2.05, 4.69) is 10.6 Å². The molecule has 1 unspecified atom stereocenters. The molecule has 1 aromatic carbocycles. The summed E-state index contributed by atoms with van der Waals surface area (Å²) in [6.07, 6.45) is 2.04. The van der Waals surface area contributed by atoms with Crippen molar-refractivity contribution in [2.45, 2.75) is 31.8 Å². The van der Waals surface area contributed by atoms with Crippen molar-refractivity contribution in [2.75, 3.05) is 5.32 Å². The quantitative estimate of drug-likeness (QED) is 0.852. The highest BCUT2D eigenvalue weighted by Crippen LogP contribution is 2.20. The maximum atomic E-state index is 13.6. The average molecular weight is 247 g/mol. The van der Waals surface area contributed by atoms with Crippen LogP contribution in [0.2, 0.25) is 0 Å². The molecule has 1 saturated carbocycles. The second-order valence-corrected chi connectivity index (χ2v) is 4.46. The third-order valence-electron chi connectivity index (χ3n) is 2.79. The van der Waals surface area contributed by atoms with Crippen molar-refractivity contribution in [3.63, 3.8) is 0 Å². The number of nitrogens with zero attached hydrogens (tertiary/aromatic N) is 1. The van der Waals surface area contributed by atoms with Gasteiger partial charge in [-0.05, 0) is 38.0 Å². The van der Waals surface area contributed by atoms with E-state index in [1.807, 2.05) is 6.07 Å². The molecule has 1 aliphatic rings. The van der Waals surface area contributed by atoms with E-state index >= 15 is 0 Å². The molecule has 2 rings (SSSR count). The van der Waals surface area contributed by atoms with Crippen molar-refractivity contribution in [1.82, 2.24) is 5.32 Å². The highest BCUT2D eigenvalue weighted by molar-refractivity contribution is 5.84. The van der Waals surface area contributed by atoms with Crippen molar-refractivity contribution in [3.05, 3.63) is 29.6 Å². The van der Waals surface area contributed by atoms with Crippen molar-refractivity contribution < 1.29 is 9.18 Å². The third kappa shape index (κ3) is 2.98. The van der Waals surface area contributed by atoms with Gasteiger partial charge in [-0.15, -0.1) is 0 Å². The molecule has 1 fully saturated rings. The molecule has 0 saturated heterocycles. The minimum Gasteiger partial charge on any atom is -0.372 e. The molecule has 5 heteroatoms. The summed E-state index contributed by atoms with van der Waals surface area (Å²) in [6, 6.07) is 5.76. The first-order chi connectivity index (χ1) is 8.60. The van der Waals surface area contributed by atoms with Crippen LogP contribution in [0.25, 0.3) is 0 Å². The van der Waals surface area contributed by atoms with Crippen LogP contribution in [0, 0.1) is 17.1 Å². The Hall–Kier alpha value is -2.09. The van der Waals surface area contributed by atoms with Gasteiger partial charge in [0.15, 0.2) is 0 Å². The van der Waals surface area contributed by atoms with E-state index in [-0.39, 0.29) is 23.2 Å². The van der Waals surface area contributed by atoms with Gasteiger partial charge in [-0.2, -0.15) is 5.26 Å². The lowest BCUT2D eigenvalue weighted by molar-refractivity contribution is -0.121. The molecular formula is C13H14FN3O. The maximum Gasteiger partial charge on any atom is 0.242 e. The number of benzene rings is 1. The topological polar surface area (TPSA) is 64.9 Å². The smallest absolute Gasteiger partial charge is 0.242 e. The summed E-state index contributed by atoms with van der Waals surface area (Å²) in [5, 5.41) is 14.3. The van der Waals surface area contributed by atoms with E-state index in [9.17, 15) is 9.18 Å². The first kappa shape index (κ1) is 12.4. The van der Waals surface area contributed by atoms with Crippen LogP contribution in [0.5, 0.6) is 0 Å². The first-order valence-electron chi connectivity index (χ1n) is 5.86. The molecule has 0 aliphatic heterocycles. The van der Waals surface area contributed by atoms with Gasteiger partial charge in [0.2, 0.25) is 5.91 Å². The average Bonchev–Trinajstić information content (AvgIpc) is 3.15. The maximum absolute atomic E-state index is 13.6. The second kappa shape index (κ2) is 5.05. The first-order valence-corrected chi connectivity index (χ1v) is 5.86. The van der Waals surface area contributed by atoms with Crippen molar-refractivity contribution in [2.24, 2.45) is 0 Å². The summed E-state index contributed by atoms with van der Waals surface area (Å²) in [7, 11) is 0. The highest BCUT2D eigenvalue weighted by atomic mass is 19.1. The summed E-state index contributed by atoms with van der Waals surface area (Å²) in [6.45, 7) is 1.68. The summed E-state index contributed by atoms with van der Waals surface area (Å²) in [4.78, 5) is 11.7. The summed E-state index contributed by atoms with van der Waals surface area (Å²) in [5.41, 5.74) is 0.487. The van der Waals surface area contributed by atoms with E-state index in [1.165, 1.54) is 12.1 Å².